The van der Waals surface area contributed by atoms with Gasteiger partial charge < -0.3 is 15.5 Å². The number of hydrogen-bond acceptors (Lipinski definition) is 5. The van der Waals surface area contributed by atoms with Gasteiger partial charge in [0.1, 0.15) is 0 Å². The monoisotopic (exact) mass is 251 g/mol. The van der Waals surface area contributed by atoms with Crippen LogP contribution in [0.2, 0.25) is 0 Å². The molecule has 1 aliphatic rings. The van der Waals surface area contributed by atoms with Gasteiger partial charge in [0, 0.05) is 24.4 Å². The van der Waals surface area contributed by atoms with Crippen molar-refractivity contribution in [2.45, 2.75) is 25.7 Å². The summed E-state index contributed by atoms with van der Waals surface area (Å²) in [6.45, 7) is 0.644. The molecule has 0 atom stereocenters. The van der Waals surface area contributed by atoms with Crippen molar-refractivity contribution >= 4 is 11.8 Å². The highest BCUT2D eigenvalue weighted by Crippen LogP contribution is 2.37. The van der Waals surface area contributed by atoms with Crippen molar-refractivity contribution in [2.75, 3.05) is 18.5 Å². The van der Waals surface area contributed by atoms with E-state index in [0.717, 1.165) is 25.7 Å². The molecule has 0 spiro atoms. The fourth-order valence-electron chi connectivity index (χ4n) is 2.41. The Hall–Kier alpha value is -1.69. The minimum atomic E-state index is -1.10. The van der Waals surface area contributed by atoms with E-state index in [-0.39, 0.29) is 23.5 Å². The number of aliphatic hydroxyl groups excluding tert-OH is 1. The molecule has 0 saturated heterocycles. The van der Waals surface area contributed by atoms with E-state index in [2.05, 4.69) is 15.3 Å². The molecule has 6 heteroatoms. The summed E-state index contributed by atoms with van der Waals surface area (Å²) in [4.78, 5) is 18.8. The van der Waals surface area contributed by atoms with Crippen LogP contribution in [0, 0.1) is 5.41 Å². The number of aromatic nitrogens is 2. The summed E-state index contributed by atoms with van der Waals surface area (Å²) in [6, 6.07) is 0. The quantitative estimate of drug-likeness (QED) is 0.726. The molecule has 98 valence electrons. The third-order valence-electron chi connectivity index (χ3n) is 3.53. The zero-order chi connectivity index (χ0) is 13.0. The molecule has 1 aromatic heterocycles. The van der Waals surface area contributed by atoms with Crippen molar-refractivity contribution in [2.24, 2.45) is 5.41 Å². The number of carboxylic acid groups (broad SMARTS) is 1. The maximum Gasteiger partial charge on any atom is 0.358 e. The predicted molar refractivity (Wildman–Crippen MR) is 65.5 cm³/mol. The summed E-state index contributed by atoms with van der Waals surface area (Å²) in [6.07, 6.45) is 6.93. The van der Waals surface area contributed by atoms with Crippen LogP contribution in [0.4, 0.5) is 5.82 Å². The number of anilines is 1. The first-order chi connectivity index (χ1) is 8.67. The first-order valence-corrected chi connectivity index (χ1v) is 6.06. The molecule has 0 radical (unpaired) electrons. The molecule has 1 fully saturated rings. The fourth-order valence-corrected chi connectivity index (χ4v) is 2.41. The number of aliphatic hydroxyl groups is 1. The Balaban J connectivity index is 2.08. The van der Waals surface area contributed by atoms with Gasteiger partial charge in [0.15, 0.2) is 11.5 Å². The van der Waals surface area contributed by atoms with E-state index in [1.165, 1.54) is 12.4 Å². The zero-order valence-corrected chi connectivity index (χ0v) is 10.1. The van der Waals surface area contributed by atoms with Crippen LogP contribution in [0.15, 0.2) is 12.4 Å². The van der Waals surface area contributed by atoms with Gasteiger partial charge in [-0.2, -0.15) is 0 Å². The second kappa shape index (κ2) is 5.30. The van der Waals surface area contributed by atoms with Crippen molar-refractivity contribution in [3.63, 3.8) is 0 Å². The molecule has 1 saturated carbocycles. The molecule has 3 N–H and O–H groups in total. The molecular formula is C12H17N3O3. The number of hydrogen-bond donors (Lipinski definition) is 3. The van der Waals surface area contributed by atoms with Gasteiger partial charge in [-0.3, -0.25) is 0 Å². The Kier molecular flexibility index (Phi) is 3.76. The SMILES string of the molecule is O=C(O)c1nccnc1NCC1(CO)CCCC1. The maximum atomic E-state index is 11.0. The van der Waals surface area contributed by atoms with Gasteiger partial charge >= 0.3 is 5.97 Å². The topological polar surface area (TPSA) is 95.3 Å². The molecule has 0 unspecified atom stereocenters. The van der Waals surface area contributed by atoms with Gasteiger partial charge in [-0.05, 0) is 12.8 Å². The third kappa shape index (κ3) is 2.59. The lowest BCUT2D eigenvalue weighted by molar-refractivity contribution is 0.0691. The first-order valence-electron chi connectivity index (χ1n) is 6.06. The van der Waals surface area contributed by atoms with E-state index < -0.39 is 5.97 Å². The fraction of sp³-hybridized carbons (Fsp3) is 0.583. The Morgan fingerprint density at radius 1 is 1.33 bits per heavy atom. The standard InChI is InChI=1S/C12H17N3O3/c16-8-12(3-1-2-4-12)7-15-10-9(11(17)18)13-5-6-14-10/h5-6,16H,1-4,7-8H2,(H,14,15)(H,17,18). The van der Waals surface area contributed by atoms with Gasteiger partial charge in [-0.15, -0.1) is 0 Å². The Labute approximate surface area is 105 Å². The zero-order valence-electron chi connectivity index (χ0n) is 10.1. The molecule has 1 heterocycles. The molecule has 18 heavy (non-hydrogen) atoms. The molecule has 1 aromatic rings. The lowest BCUT2D eigenvalue weighted by atomic mass is 9.87. The number of nitrogens with zero attached hydrogens (tertiary/aromatic N) is 2. The summed E-state index contributed by atoms with van der Waals surface area (Å²) < 4.78 is 0. The van der Waals surface area contributed by atoms with Gasteiger partial charge in [0.25, 0.3) is 0 Å². The van der Waals surface area contributed by atoms with Gasteiger partial charge in [-0.25, -0.2) is 14.8 Å². The van der Waals surface area contributed by atoms with E-state index >= 15 is 0 Å². The molecule has 0 amide bonds. The van der Waals surface area contributed by atoms with E-state index in [4.69, 9.17) is 5.11 Å². The van der Waals surface area contributed by atoms with Crippen LogP contribution >= 0.6 is 0 Å². The van der Waals surface area contributed by atoms with Gasteiger partial charge in [-0.1, -0.05) is 12.8 Å². The normalized spacial score (nSPS) is 17.6. The van der Waals surface area contributed by atoms with E-state index in [0.29, 0.717) is 6.54 Å². The van der Waals surface area contributed by atoms with Crippen molar-refractivity contribution in [1.29, 1.82) is 0 Å². The Morgan fingerprint density at radius 3 is 2.61 bits per heavy atom. The highest BCUT2D eigenvalue weighted by molar-refractivity contribution is 5.90. The van der Waals surface area contributed by atoms with Gasteiger partial charge in [0.2, 0.25) is 0 Å². The van der Waals surface area contributed by atoms with Crippen LogP contribution in [0.3, 0.4) is 0 Å². The van der Waals surface area contributed by atoms with E-state index in [9.17, 15) is 9.90 Å². The lowest BCUT2D eigenvalue weighted by Gasteiger charge is -2.26. The average Bonchev–Trinajstić information content (AvgIpc) is 2.86. The number of rotatable bonds is 5. The summed E-state index contributed by atoms with van der Waals surface area (Å²) in [5, 5.41) is 21.5. The Bertz CT molecular complexity index is 430. The van der Waals surface area contributed by atoms with Crippen LogP contribution in [0.1, 0.15) is 36.2 Å². The summed E-state index contributed by atoms with van der Waals surface area (Å²) >= 11 is 0. The number of carboxylic acids is 1. The average molecular weight is 251 g/mol. The molecule has 0 aliphatic heterocycles. The van der Waals surface area contributed by atoms with Crippen LogP contribution in [-0.2, 0) is 0 Å². The summed E-state index contributed by atoms with van der Waals surface area (Å²) in [5.74, 6) is -0.834. The number of carbonyl (C=O) groups is 1. The molecule has 2 rings (SSSR count). The smallest absolute Gasteiger partial charge is 0.358 e. The summed E-state index contributed by atoms with van der Waals surface area (Å²) in [7, 11) is 0. The van der Waals surface area contributed by atoms with Crippen molar-refractivity contribution < 1.29 is 15.0 Å². The maximum absolute atomic E-state index is 11.0. The molecule has 1 aliphatic carbocycles. The Morgan fingerprint density at radius 2 is 2.00 bits per heavy atom. The minimum absolute atomic E-state index is 0.0800. The van der Waals surface area contributed by atoms with E-state index in [1.807, 2.05) is 0 Å². The number of nitrogens with one attached hydrogen (secondary N) is 1. The molecule has 0 aromatic carbocycles. The minimum Gasteiger partial charge on any atom is -0.476 e. The highest BCUT2D eigenvalue weighted by atomic mass is 16.4. The van der Waals surface area contributed by atoms with Crippen LogP contribution in [-0.4, -0.2) is 39.3 Å². The summed E-state index contributed by atoms with van der Waals surface area (Å²) in [5.41, 5.74) is -0.226. The molecule has 0 bridgehead atoms. The molecular weight excluding hydrogens is 234 g/mol. The van der Waals surface area contributed by atoms with Crippen molar-refractivity contribution in [3.8, 4) is 0 Å². The highest BCUT2D eigenvalue weighted by Gasteiger charge is 2.33. The predicted octanol–water partition coefficient (Wildman–Crippen LogP) is 1.14. The third-order valence-corrected chi connectivity index (χ3v) is 3.53. The van der Waals surface area contributed by atoms with Crippen LogP contribution in [0.5, 0.6) is 0 Å². The van der Waals surface area contributed by atoms with Crippen LogP contribution in [0.25, 0.3) is 0 Å². The van der Waals surface area contributed by atoms with Crippen LogP contribution < -0.4 is 5.32 Å². The lowest BCUT2D eigenvalue weighted by Crippen LogP contribution is -2.31. The largest absolute Gasteiger partial charge is 0.476 e. The van der Waals surface area contributed by atoms with Gasteiger partial charge in [0.05, 0.1) is 6.61 Å². The first kappa shape index (κ1) is 12.8. The van der Waals surface area contributed by atoms with E-state index in [1.54, 1.807) is 0 Å². The molecule has 6 nitrogen and oxygen atoms in total. The van der Waals surface area contributed by atoms with Crippen molar-refractivity contribution in [3.05, 3.63) is 18.1 Å². The van der Waals surface area contributed by atoms with Crippen molar-refractivity contribution in [1.82, 2.24) is 9.97 Å². The second-order valence-corrected chi connectivity index (χ2v) is 4.78. The second-order valence-electron chi connectivity index (χ2n) is 4.78. The number of aromatic carboxylic acids is 1.